The summed E-state index contributed by atoms with van der Waals surface area (Å²) in [5.74, 6) is 0.709. The molecule has 0 aliphatic heterocycles. The molecule has 0 amide bonds. The lowest BCUT2D eigenvalue weighted by Crippen LogP contribution is -1.82. The maximum Gasteiger partial charge on any atom is 0.132 e. The molecule has 2 heteroatoms. The summed E-state index contributed by atoms with van der Waals surface area (Å²) in [5, 5.41) is 0.685. The van der Waals surface area contributed by atoms with E-state index in [-0.39, 0.29) is 0 Å². The van der Waals surface area contributed by atoms with Gasteiger partial charge in [-0.2, -0.15) is 0 Å². The van der Waals surface area contributed by atoms with E-state index in [4.69, 9.17) is 11.6 Å². The van der Waals surface area contributed by atoms with Crippen LogP contribution in [0.15, 0.2) is 18.3 Å². The molecule has 10 heavy (non-hydrogen) atoms. The van der Waals surface area contributed by atoms with Crippen molar-refractivity contribution in [2.45, 2.75) is 18.8 Å². The summed E-state index contributed by atoms with van der Waals surface area (Å²) in [5.41, 5.74) is 1.23. The average molecular weight is 154 g/mol. The van der Waals surface area contributed by atoms with Gasteiger partial charge in [-0.1, -0.05) is 17.7 Å². The maximum absolute atomic E-state index is 5.85. The summed E-state index contributed by atoms with van der Waals surface area (Å²) in [6.45, 7) is 0. The van der Waals surface area contributed by atoms with Crippen molar-refractivity contribution in [1.29, 1.82) is 0 Å². The van der Waals surface area contributed by atoms with Crippen LogP contribution in [0.25, 0.3) is 0 Å². The number of aromatic nitrogens is 1. The quantitative estimate of drug-likeness (QED) is 0.566. The Labute approximate surface area is 65.0 Å². The van der Waals surface area contributed by atoms with Crippen LogP contribution < -0.4 is 0 Å². The number of rotatable bonds is 1. The smallest absolute Gasteiger partial charge is 0.132 e. The Bertz CT molecular complexity index is 243. The van der Waals surface area contributed by atoms with E-state index in [0.29, 0.717) is 11.1 Å². The molecule has 0 saturated heterocycles. The van der Waals surface area contributed by atoms with Crippen LogP contribution in [-0.4, -0.2) is 4.98 Å². The van der Waals surface area contributed by atoms with E-state index in [1.54, 1.807) is 6.20 Å². The van der Waals surface area contributed by atoms with Crippen LogP contribution in [0.1, 0.15) is 24.3 Å². The highest BCUT2D eigenvalue weighted by Crippen LogP contribution is 2.42. The van der Waals surface area contributed by atoms with E-state index >= 15 is 0 Å². The van der Waals surface area contributed by atoms with Gasteiger partial charge < -0.3 is 0 Å². The lowest BCUT2D eigenvalue weighted by molar-refractivity contribution is 1.09. The Morgan fingerprint density at radius 2 is 2.30 bits per heavy atom. The summed E-state index contributed by atoms with van der Waals surface area (Å²) >= 11 is 5.85. The minimum atomic E-state index is 0.685. The van der Waals surface area contributed by atoms with Crippen LogP contribution in [-0.2, 0) is 0 Å². The molecule has 1 aromatic heterocycles. The van der Waals surface area contributed by atoms with Gasteiger partial charge in [0.05, 0.1) is 0 Å². The minimum Gasteiger partial charge on any atom is -0.244 e. The fourth-order valence-corrected chi connectivity index (χ4v) is 1.37. The normalized spacial score (nSPS) is 17.3. The first-order valence-electron chi connectivity index (χ1n) is 3.48. The molecule has 52 valence electrons. The van der Waals surface area contributed by atoms with Crippen LogP contribution in [0.5, 0.6) is 0 Å². The van der Waals surface area contributed by atoms with E-state index in [9.17, 15) is 0 Å². The molecule has 1 nitrogen and oxygen atoms in total. The van der Waals surface area contributed by atoms with Crippen molar-refractivity contribution < 1.29 is 0 Å². The van der Waals surface area contributed by atoms with Gasteiger partial charge in [-0.05, 0) is 30.4 Å². The van der Waals surface area contributed by atoms with Gasteiger partial charge >= 0.3 is 0 Å². The zero-order valence-corrected chi connectivity index (χ0v) is 6.30. The topological polar surface area (TPSA) is 12.9 Å². The van der Waals surface area contributed by atoms with Gasteiger partial charge in [0.2, 0.25) is 0 Å². The number of pyridine rings is 1. The Kier molecular flexibility index (Phi) is 1.38. The molecule has 1 aliphatic carbocycles. The molecular weight excluding hydrogens is 146 g/mol. The van der Waals surface area contributed by atoms with Crippen molar-refractivity contribution in [2.24, 2.45) is 0 Å². The third-order valence-electron chi connectivity index (χ3n) is 1.81. The second kappa shape index (κ2) is 2.24. The first-order chi connectivity index (χ1) is 4.88. The molecule has 0 unspecified atom stereocenters. The molecule has 1 heterocycles. The largest absolute Gasteiger partial charge is 0.244 e. The average Bonchev–Trinajstić information content (AvgIpc) is 2.71. The lowest BCUT2D eigenvalue weighted by atomic mass is 10.2. The van der Waals surface area contributed by atoms with Crippen molar-refractivity contribution >= 4 is 11.6 Å². The molecule has 0 aromatic carbocycles. The monoisotopic (exact) mass is 153 g/mol. The molecule has 0 N–H and O–H groups in total. The van der Waals surface area contributed by atoms with E-state index in [1.165, 1.54) is 18.4 Å². The first kappa shape index (κ1) is 6.17. The number of nitrogens with zero attached hydrogens (tertiary/aromatic N) is 1. The lowest BCUT2D eigenvalue weighted by Gasteiger charge is -1.97. The minimum absolute atomic E-state index is 0.685. The zero-order valence-electron chi connectivity index (χ0n) is 5.55. The molecule has 1 aliphatic rings. The van der Waals surface area contributed by atoms with Crippen molar-refractivity contribution in [2.75, 3.05) is 0 Å². The zero-order chi connectivity index (χ0) is 6.97. The fraction of sp³-hybridized carbons (Fsp3) is 0.375. The van der Waals surface area contributed by atoms with E-state index < -0.39 is 0 Å². The first-order valence-corrected chi connectivity index (χ1v) is 3.86. The van der Waals surface area contributed by atoms with Crippen molar-refractivity contribution in [3.8, 4) is 0 Å². The summed E-state index contributed by atoms with van der Waals surface area (Å²) in [6.07, 6.45) is 4.30. The Balaban J connectivity index is 2.39. The van der Waals surface area contributed by atoms with Crippen LogP contribution in [0, 0.1) is 0 Å². The van der Waals surface area contributed by atoms with Crippen LogP contribution in [0.3, 0.4) is 0 Å². The van der Waals surface area contributed by atoms with E-state index in [0.717, 1.165) is 0 Å². The molecule has 2 rings (SSSR count). The summed E-state index contributed by atoms with van der Waals surface area (Å²) < 4.78 is 0. The van der Waals surface area contributed by atoms with Crippen LogP contribution >= 0.6 is 11.6 Å². The standard InChI is InChI=1S/C8H8ClN/c9-8-7(6-3-4-6)2-1-5-10-8/h1-2,5-6H,3-4H2. The highest BCUT2D eigenvalue weighted by Gasteiger charge is 2.25. The molecular formula is C8H8ClN. The number of halogens is 1. The van der Waals surface area contributed by atoms with Gasteiger partial charge in [0.1, 0.15) is 5.15 Å². The fourth-order valence-electron chi connectivity index (χ4n) is 1.10. The Hall–Kier alpha value is -0.560. The van der Waals surface area contributed by atoms with Gasteiger partial charge in [-0.3, -0.25) is 0 Å². The Morgan fingerprint density at radius 3 is 2.90 bits per heavy atom. The van der Waals surface area contributed by atoms with Crippen LogP contribution in [0.2, 0.25) is 5.15 Å². The third-order valence-corrected chi connectivity index (χ3v) is 2.12. The third kappa shape index (κ3) is 1.01. The van der Waals surface area contributed by atoms with Gasteiger partial charge in [-0.25, -0.2) is 4.98 Å². The highest BCUT2D eigenvalue weighted by atomic mass is 35.5. The number of hydrogen-bond donors (Lipinski definition) is 0. The SMILES string of the molecule is Clc1ncccc1C1CC1. The van der Waals surface area contributed by atoms with Gasteiger partial charge in [0, 0.05) is 6.20 Å². The molecule has 0 spiro atoms. The predicted octanol–water partition coefficient (Wildman–Crippen LogP) is 2.61. The van der Waals surface area contributed by atoms with Crippen LogP contribution in [0.4, 0.5) is 0 Å². The van der Waals surface area contributed by atoms with Gasteiger partial charge in [-0.15, -0.1) is 0 Å². The maximum atomic E-state index is 5.85. The molecule has 1 saturated carbocycles. The van der Waals surface area contributed by atoms with E-state index in [1.807, 2.05) is 6.07 Å². The van der Waals surface area contributed by atoms with Crippen molar-refractivity contribution in [1.82, 2.24) is 4.98 Å². The molecule has 1 aromatic rings. The summed E-state index contributed by atoms with van der Waals surface area (Å²) in [6, 6.07) is 4.01. The van der Waals surface area contributed by atoms with Gasteiger partial charge in [0.15, 0.2) is 0 Å². The highest BCUT2D eigenvalue weighted by molar-refractivity contribution is 6.30. The molecule has 0 radical (unpaired) electrons. The second-order valence-electron chi connectivity index (χ2n) is 2.66. The summed E-state index contributed by atoms with van der Waals surface area (Å²) in [4.78, 5) is 4.01. The molecule has 0 bridgehead atoms. The molecule has 0 atom stereocenters. The predicted molar refractivity (Wildman–Crippen MR) is 41.2 cm³/mol. The Morgan fingerprint density at radius 1 is 1.50 bits per heavy atom. The van der Waals surface area contributed by atoms with Crippen molar-refractivity contribution in [3.63, 3.8) is 0 Å². The van der Waals surface area contributed by atoms with E-state index in [2.05, 4.69) is 11.1 Å². The number of hydrogen-bond acceptors (Lipinski definition) is 1. The summed E-state index contributed by atoms with van der Waals surface area (Å²) in [7, 11) is 0. The molecule has 1 fully saturated rings. The van der Waals surface area contributed by atoms with Crippen molar-refractivity contribution in [3.05, 3.63) is 29.0 Å². The second-order valence-corrected chi connectivity index (χ2v) is 3.02. The van der Waals surface area contributed by atoms with Gasteiger partial charge in [0.25, 0.3) is 0 Å².